The molecule has 0 saturated carbocycles. The fourth-order valence-electron chi connectivity index (χ4n) is 2.86. The molecule has 1 heterocycles. The van der Waals surface area contributed by atoms with Gasteiger partial charge in [-0.15, -0.1) is 0 Å². The zero-order valence-electron chi connectivity index (χ0n) is 17.8. The van der Waals surface area contributed by atoms with Crippen LogP contribution in [0, 0.1) is 0 Å². The Balaban J connectivity index is 1.88. The summed E-state index contributed by atoms with van der Waals surface area (Å²) in [6.07, 6.45) is 1.80. The third-order valence-corrected chi connectivity index (χ3v) is 5.31. The molecule has 0 atom stereocenters. The highest BCUT2D eigenvalue weighted by Crippen LogP contribution is 2.35. The lowest BCUT2D eigenvalue weighted by atomic mass is 10.2. The number of likely N-dealkylation sites (N-methyl/N-ethyl adjacent to an activating group) is 1. The highest BCUT2D eigenvalue weighted by molar-refractivity contribution is 8.18. The summed E-state index contributed by atoms with van der Waals surface area (Å²) in [6.45, 7) is 6.29. The van der Waals surface area contributed by atoms with E-state index in [1.807, 2.05) is 39.0 Å². The number of aromatic carboxylic acids is 1. The van der Waals surface area contributed by atoms with Crippen LogP contribution in [0.15, 0.2) is 52.4 Å². The van der Waals surface area contributed by atoms with E-state index < -0.39 is 5.97 Å². The minimum atomic E-state index is -1.03. The molecule has 0 unspecified atom stereocenters. The number of rotatable bonds is 7. The van der Waals surface area contributed by atoms with Gasteiger partial charge in [-0.25, -0.2) is 9.79 Å². The highest BCUT2D eigenvalue weighted by Gasteiger charge is 2.30. The first kappa shape index (κ1) is 22.4. The molecule has 0 bridgehead atoms. The van der Waals surface area contributed by atoms with Crippen molar-refractivity contribution in [3.05, 3.63) is 58.5 Å². The molecule has 1 fully saturated rings. The largest absolute Gasteiger partial charge is 0.490 e. The minimum absolute atomic E-state index is 0.0161. The minimum Gasteiger partial charge on any atom is -0.490 e. The monoisotopic (exact) mass is 440 g/mol. The number of hydrogen-bond donors (Lipinski definition) is 1. The summed E-state index contributed by atoms with van der Waals surface area (Å²) in [5.41, 5.74) is 1.41. The zero-order chi connectivity index (χ0) is 22.5. The van der Waals surface area contributed by atoms with Gasteiger partial charge in [0.15, 0.2) is 16.7 Å². The van der Waals surface area contributed by atoms with E-state index >= 15 is 0 Å². The zero-order valence-corrected chi connectivity index (χ0v) is 18.6. The smallest absolute Gasteiger partial charge is 0.335 e. The quantitative estimate of drug-likeness (QED) is 0.622. The predicted molar refractivity (Wildman–Crippen MR) is 122 cm³/mol. The van der Waals surface area contributed by atoms with Crippen molar-refractivity contribution in [2.45, 2.75) is 26.9 Å². The van der Waals surface area contributed by atoms with Crippen LogP contribution in [0.2, 0.25) is 0 Å². The number of carboxylic acids is 1. The predicted octanol–water partition coefficient (Wildman–Crippen LogP) is 4.80. The van der Waals surface area contributed by atoms with Gasteiger partial charge in [-0.2, -0.15) is 0 Å². The molecule has 1 amide bonds. The first-order valence-corrected chi connectivity index (χ1v) is 10.6. The molecule has 0 spiro atoms. The number of carboxylic acid groups (broad SMARTS) is 1. The standard InChI is InChI=1S/C23H24N2O5S/c1-5-29-19-11-15(9-10-18(19)30-14(2)3)12-20-21(26)25(4)23(31-20)24-17-8-6-7-16(13-17)22(27)28/h6-14H,5H2,1-4H3,(H,27,28)/b20-12+,24-23?. The Bertz CT molecular complexity index is 1060. The fraction of sp³-hybridized carbons (Fsp3) is 0.261. The first-order valence-electron chi connectivity index (χ1n) is 9.81. The van der Waals surface area contributed by atoms with Gasteiger partial charge in [0.25, 0.3) is 5.91 Å². The maximum absolute atomic E-state index is 12.7. The van der Waals surface area contributed by atoms with Crippen molar-refractivity contribution >= 4 is 40.6 Å². The van der Waals surface area contributed by atoms with Crippen LogP contribution in [-0.4, -0.2) is 46.8 Å². The van der Waals surface area contributed by atoms with Gasteiger partial charge in [0, 0.05) is 7.05 Å². The lowest BCUT2D eigenvalue weighted by Gasteiger charge is -2.15. The number of nitrogens with zero attached hydrogens (tertiary/aromatic N) is 2. The van der Waals surface area contributed by atoms with Gasteiger partial charge < -0.3 is 14.6 Å². The van der Waals surface area contributed by atoms with Crippen molar-refractivity contribution < 1.29 is 24.2 Å². The van der Waals surface area contributed by atoms with Crippen molar-refractivity contribution in [1.82, 2.24) is 4.90 Å². The van der Waals surface area contributed by atoms with Gasteiger partial charge in [0.05, 0.1) is 28.9 Å². The third kappa shape index (κ3) is 5.46. The number of ether oxygens (including phenoxy) is 2. The molecular formula is C23H24N2O5S. The molecule has 0 radical (unpaired) electrons. The van der Waals surface area contributed by atoms with Crippen molar-refractivity contribution in [2.24, 2.45) is 4.99 Å². The number of amidine groups is 1. The summed E-state index contributed by atoms with van der Waals surface area (Å²) >= 11 is 1.23. The number of thioether (sulfide) groups is 1. The van der Waals surface area contributed by atoms with Crippen LogP contribution in [0.3, 0.4) is 0 Å². The van der Waals surface area contributed by atoms with E-state index in [2.05, 4.69) is 4.99 Å². The van der Waals surface area contributed by atoms with Crippen LogP contribution in [0.5, 0.6) is 11.5 Å². The molecule has 7 nitrogen and oxygen atoms in total. The van der Waals surface area contributed by atoms with Gasteiger partial charge in [-0.3, -0.25) is 9.69 Å². The van der Waals surface area contributed by atoms with E-state index in [4.69, 9.17) is 14.6 Å². The Labute approximate surface area is 185 Å². The van der Waals surface area contributed by atoms with E-state index in [0.29, 0.717) is 33.9 Å². The molecule has 2 aromatic carbocycles. The lowest BCUT2D eigenvalue weighted by Crippen LogP contribution is -2.23. The van der Waals surface area contributed by atoms with E-state index in [-0.39, 0.29) is 17.6 Å². The van der Waals surface area contributed by atoms with Gasteiger partial charge in [0.2, 0.25) is 0 Å². The summed E-state index contributed by atoms with van der Waals surface area (Å²) in [6, 6.07) is 11.8. The Kier molecular flexibility index (Phi) is 7.02. The Hall–Kier alpha value is -3.26. The van der Waals surface area contributed by atoms with Crippen molar-refractivity contribution in [2.75, 3.05) is 13.7 Å². The maximum Gasteiger partial charge on any atom is 0.335 e. The lowest BCUT2D eigenvalue weighted by molar-refractivity contribution is -0.121. The highest BCUT2D eigenvalue weighted by atomic mass is 32.2. The van der Waals surface area contributed by atoms with Crippen LogP contribution < -0.4 is 9.47 Å². The van der Waals surface area contributed by atoms with Crippen LogP contribution in [0.1, 0.15) is 36.7 Å². The van der Waals surface area contributed by atoms with Crippen molar-refractivity contribution in [3.8, 4) is 11.5 Å². The summed E-state index contributed by atoms with van der Waals surface area (Å²) in [5, 5.41) is 9.63. The number of aliphatic imine (C=N–C) groups is 1. The van der Waals surface area contributed by atoms with Crippen LogP contribution >= 0.6 is 11.8 Å². The summed E-state index contributed by atoms with van der Waals surface area (Å²) < 4.78 is 11.5. The van der Waals surface area contributed by atoms with E-state index in [1.165, 1.54) is 28.8 Å². The van der Waals surface area contributed by atoms with Crippen LogP contribution in [0.25, 0.3) is 6.08 Å². The number of amides is 1. The first-order chi connectivity index (χ1) is 14.8. The second-order valence-electron chi connectivity index (χ2n) is 7.03. The summed E-state index contributed by atoms with van der Waals surface area (Å²) in [5.74, 6) is 0.0653. The van der Waals surface area contributed by atoms with Gasteiger partial charge in [-0.05, 0) is 74.5 Å². The Morgan fingerprint density at radius 2 is 2.00 bits per heavy atom. The van der Waals surface area contributed by atoms with Crippen LogP contribution in [0.4, 0.5) is 5.69 Å². The third-order valence-electron chi connectivity index (χ3n) is 4.25. The van der Waals surface area contributed by atoms with Gasteiger partial charge in [0.1, 0.15) is 0 Å². The van der Waals surface area contributed by atoms with Crippen molar-refractivity contribution in [1.29, 1.82) is 0 Å². The molecule has 0 aromatic heterocycles. The second-order valence-corrected chi connectivity index (χ2v) is 8.04. The Morgan fingerprint density at radius 3 is 2.68 bits per heavy atom. The number of benzene rings is 2. The summed E-state index contributed by atoms with van der Waals surface area (Å²) in [7, 11) is 1.64. The molecule has 2 aromatic rings. The second kappa shape index (κ2) is 9.70. The number of hydrogen-bond acceptors (Lipinski definition) is 6. The van der Waals surface area contributed by atoms with E-state index in [1.54, 1.807) is 25.3 Å². The van der Waals surface area contributed by atoms with Gasteiger partial charge >= 0.3 is 5.97 Å². The molecule has 1 aliphatic rings. The average Bonchev–Trinajstić information content (AvgIpc) is 2.98. The maximum atomic E-state index is 12.7. The molecule has 1 N–H and O–H groups in total. The number of carbonyl (C=O) groups excluding carboxylic acids is 1. The fourth-order valence-corrected chi connectivity index (χ4v) is 3.84. The van der Waals surface area contributed by atoms with Crippen molar-refractivity contribution in [3.63, 3.8) is 0 Å². The van der Waals surface area contributed by atoms with E-state index in [9.17, 15) is 9.59 Å². The molecule has 3 rings (SSSR count). The molecule has 0 aliphatic carbocycles. The van der Waals surface area contributed by atoms with Crippen LogP contribution in [-0.2, 0) is 4.79 Å². The molecule has 8 heteroatoms. The average molecular weight is 441 g/mol. The summed E-state index contributed by atoms with van der Waals surface area (Å²) in [4.78, 5) is 30.3. The normalized spacial score (nSPS) is 16.4. The van der Waals surface area contributed by atoms with Gasteiger partial charge in [-0.1, -0.05) is 12.1 Å². The number of carbonyl (C=O) groups is 2. The van der Waals surface area contributed by atoms with E-state index in [0.717, 1.165) is 5.56 Å². The SMILES string of the molecule is CCOc1cc(/C=C2/SC(=Nc3cccc(C(=O)O)c3)N(C)C2=O)ccc1OC(C)C. The topological polar surface area (TPSA) is 88.4 Å². The Morgan fingerprint density at radius 1 is 1.23 bits per heavy atom. The molecular weight excluding hydrogens is 416 g/mol. The molecule has 31 heavy (non-hydrogen) atoms. The molecule has 1 saturated heterocycles. The molecule has 1 aliphatic heterocycles. The molecule has 162 valence electrons.